The van der Waals surface area contributed by atoms with E-state index in [-0.39, 0.29) is 16.7 Å². The topological polar surface area (TPSA) is 23.8 Å². The van der Waals surface area contributed by atoms with Crippen molar-refractivity contribution in [3.63, 3.8) is 0 Å². The third kappa shape index (κ3) is 1.25. The Labute approximate surface area is 91.7 Å². The average Bonchev–Trinajstić information content (AvgIpc) is 2.98. The molecule has 2 aliphatic rings. The van der Waals surface area contributed by atoms with Crippen LogP contribution in [0.5, 0.6) is 0 Å². The molecule has 0 heterocycles. The molecule has 0 amide bonds. The number of hydrogen-bond donors (Lipinski definition) is 0. The Morgan fingerprint density at radius 3 is 2.20 bits per heavy atom. The van der Waals surface area contributed by atoms with E-state index in [0.29, 0.717) is 18.8 Å². The first-order chi connectivity index (χ1) is 6.80. The van der Waals surface area contributed by atoms with E-state index in [1.165, 1.54) is 0 Å². The third-order valence-electron chi connectivity index (χ3n) is 4.96. The molecule has 0 bridgehead atoms. The molecule has 0 aromatic heterocycles. The van der Waals surface area contributed by atoms with Crippen molar-refractivity contribution in [2.75, 3.05) is 0 Å². The van der Waals surface area contributed by atoms with Gasteiger partial charge in [0.25, 0.3) is 0 Å². The van der Waals surface area contributed by atoms with Crippen LogP contribution in [-0.4, -0.2) is 5.67 Å². The van der Waals surface area contributed by atoms with Crippen LogP contribution in [0, 0.1) is 34.0 Å². The molecule has 2 fully saturated rings. The van der Waals surface area contributed by atoms with Crippen LogP contribution in [0.1, 0.15) is 47.0 Å². The van der Waals surface area contributed by atoms with E-state index < -0.39 is 5.67 Å². The zero-order chi connectivity index (χ0) is 11.5. The molecule has 0 saturated heterocycles. The molecular formula is C13H20FN. The maximum atomic E-state index is 14.2. The minimum Gasteiger partial charge on any atom is -0.243 e. The Bertz CT molecular complexity index is 322. The standard InChI is InChI=1S/C13H20FN/c1-9(2)12(8-15)7-10(12)11(3,4)13(14)5-6-13/h9-10H,5-7H2,1-4H3. The summed E-state index contributed by atoms with van der Waals surface area (Å²) in [6.07, 6.45) is 2.27. The Morgan fingerprint density at radius 2 is 1.93 bits per heavy atom. The van der Waals surface area contributed by atoms with Crippen molar-refractivity contribution in [2.24, 2.45) is 22.7 Å². The quantitative estimate of drug-likeness (QED) is 0.695. The first kappa shape index (κ1) is 10.9. The van der Waals surface area contributed by atoms with Gasteiger partial charge in [-0.1, -0.05) is 27.7 Å². The summed E-state index contributed by atoms with van der Waals surface area (Å²) in [5, 5.41) is 9.27. The lowest BCUT2D eigenvalue weighted by atomic mass is 9.74. The van der Waals surface area contributed by atoms with Crippen molar-refractivity contribution in [2.45, 2.75) is 52.6 Å². The van der Waals surface area contributed by atoms with E-state index in [2.05, 4.69) is 19.9 Å². The summed E-state index contributed by atoms with van der Waals surface area (Å²) in [5.74, 6) is 0.594. The number of halogens is 1. The molecule has 2 heteroatoms. The smallest absolute Gasteiger partial charge is 0.116 e. The fourth-order valence-corrected chi connectivity index (χ4v) is 3.13. The Morgan fingerprint density at radius 1 is 1.40 bits per heavy atom. The summed E-state index contributed by atoms with van der Waals surface area (Å²) in [6, 6.07) is 2.44. The van der Waals surface area contributed by atoms with Crippen molar-refractivity contribution in [3.8, 4) is 6.07 Å². The van der Waals surface area contributed by atoms with Gasteiger partial charge in [0.05, 0.1) is 11.5 Å². The van der Waals surface area contributed by atoms with Gasteiger partial charge >= 0.3 is 0 Å². The monoisotopic (exact) mass is 209 g/mol. The van der Waals surface area contributed by atoms with E-state index in [1.54, 1.807) is 0 Å². The van der Waals surface area contributed by atoms with Crippen LogP contribution < -0.4 is 0 Å². The van der Waals surface area contributed by atoms with Gasteiger partial charge in [0.15, 0.2) is 0 Å². The molecule has 2 atom stereocenters. The largest absolute Gasteiger partial charge is 0.243 e. The number of alkyl halides is 1. The second-order valence-corrected chi connectivity index (χ2v) is 6.25. The van der Waals surface area contributed by atoms with E-state index in [9.17, 15) is 9.65 Å². The molecule has 0 spiro atoms. The zero-order valence-corrected chi connectivity index (χ0v) is 10.1. The van der Waals surface area contributed by atoms with E-state index in [4.69, 9.17) is 0 Å². The molecule has 0 aromatic carbocycles. The fraction of sp³-hybridized carbons (Fsp3) is 0.923. The molecule has 2 saturated carbocycles. The number of nitrogens with zero attached hydrogens (tertiary/aromatic N) is 1. The predicted molar refractivity (Wildman–Crippen MR) is 57.8 cm³/mol. The molecule has 0 N–H and O–H groups in total. The van der Waals surface area contributed by atoms with Crippen LogP contribution >= 0.6 is 0 Å². The SMILES string of the molecule is CC(C)C1(C#N)CC1C(C)(C)C1(F)CC1. The summed E-state index contributed by atoms with van der Waals surface area (Å²) in [7, 11) is 0. The molecule has 1 nitrogen and oxygen atoms in total. The average molecular weight is 209 g/mol. The van der Waals surface area contributed by atoms with Gasteiger partial charge < -0.3 is 0 Å². The minimum atomic E-state index is -0.981. The highest BCUT2D eigenvalue weighted by atomic mass is 19.1. The van der Waals surface area contributed by atoms with Crippen molar-refractivity contribution in [3.05, 3.63) is 0 Å². The summed E-state index contributed by atoms with van der Waals surface area (Å²) < 4.78 is 14.2. The van der Waals surface area contributed by atoms with Gasteiger partial charge in [-0.05, 0) is 31.1 Å². The molecule has 2 unspecified atom stereocenters. The van der Waals surface area contributed by atoms with Crippen molar-refractivity contribution >= 4 is 0 Å². The molecule has 0 aromatic rings. The molecule has 84 valence electrons. The highest BCUT2D eigenvalue weighted by molar-refractivity contribution is 5.25. The van der Waals surface area contributed by atoms with Gasteiger partial charge in [-0.25, -0.2) is 4.39 Å². The van der Waals surface area contributed by atoms with Crippen molar-refractivity contribution < 1.29 is 4.39 Å². The van der Waals surface area contributed by atoms with Crippen molar-refractivity contribution in [1.29, 1.82) is 5.26 Å². The summed E-state index contributed by atoms with van der Waals surface area (Å²) in [5.41, 5.74) is -1.54. The number of rotatable bonds is 3. The van der Waals surface area contributed by atoms with Gasteiger partial charge in [0.2, 0.25) is 0 Å². The van der Waals surface area contributed by atoms with Crippen LogP contribution in [0.3, 0.4) is 0 Å². The Balaban J connectivity index is 2.20. The highest BCUT2D eigenvalue weighted by Crippen LogP contribution is 2.71. The first-order valence-electron chi connectivity index (χ1n) is 5.90. The third-order valence-corrected chi connectivity index (χ3v) is 4.96. The van der Waals surface area contributed by atoms with E-state index in [0.717, 1.165) is 6.42 Å². The maximum Gasteiger partial charge on any atom is 0.116 e. The van der Waals surface area contributed by atoms with Gasteiger partial charge in [0, 0.05) is 5.41 Å². The second-order valence-electron chi connectivity index (χ2n) is 6.25. The van der Waals surface area contributed by atoms with Crippen LogP contribution in [0.2, 0.25) is 0 Å². The molecular weight excluding hydrogens is 189 g/mol. The maximum absolute atomic E-state index is 14.2. The summed E-state index contributed by atoms with van der Waals surface area (Å²) in [6.45, 7) is 8.17. The molecule has 15 heavy (non-hydrogen) atoms. The first-order valence-corrected chi connectivity index (χ1v) is 5.90. The van der Waals surface area contributed by atoms with Crippen LogP contribution in [0.25, 0.3) is 0 Å². The fourth-order valence-electron chi connectivity index (χ4n) is 3.13. The lowest BCUT2D eigenvalue weighted by Gasteiger charge is -2.31. The van der Waals surface area contributed by atoms with Crippen LogP contribution in [-0.2, 0) is 0 Å². The van der Waals surface area contributed by atoms with Gasteiger partial charge in [-0.15, -0.1) is 0 Å². The second kappa shape index (κ2) is 2.75. The lowest BCUT2D eigenvalue weighted by molar-refractivity contribution is 0.0779. The highest BCUT2D eigenvalue weighted by Gasteiger charge is 2.70. The molecule has 0 aliphatic heterocycles. The molecule has 2 aliphatic carbocycles. The Kier molecular flexibility index (Phi) is 2.00. The van der Waals surface area contributed by atoms with E-state index >= 15 is 0 Å². The van der Waals surface area contributed by atoms with Gasteiger partial charge in [-0.2, -0.15) is 5.26 Å². The number of hydrogen-bond acceptors (Lipinski definition) is 1. The number of nitriles is 1. The van der Waals surface area contributed by atoms with Crippen molar-refractivity contribution in [1.82, 2.24) is 0 Å². The van der Waals surface area contributed by atoms with Gasteiger partial charge in [0.1, 0.15) is 5.67 Å². The van der Waals surface area contributed by atoms with E-state index in [1.807, 2.05) is 13.8 Å². The lowest BCUT2D eigenvalue weighted by Crippen LogP contribution is -2.33. The predicted octanol–water partition coefficient (Wildman–Crippen LogP) is 3.70. The zero-order valence-electron chi connectivity index (χ0n) is 10.1. The molecule has 2 rings (SSSR count). The van der Waals surface area contributed by atoms with Crippen LogP contribution in [0.4, 0.5) is 4.39 Å². The summed E-state index contributed by atoms with van der Waals surface area (Å²) in [4.78, 5) is 0. The van der Waals surface area contributed by atoms with Crippen LogP contribution in [0.15, 0.2) is 0 Å². The molecule has 0 radical (unpaired) electrons. The normalized spacial score (nSPS) is 37.5. The Hall–Kier alpha value is -0.580. The summed E-state index contributed by atoms with van der Waals surface area (Å²) >= 11 is 0. The van der Waals surface area contributed by atoms with Gasteiger partial charge in [-0.3, -0.25) is 0 Å². The minimum absolute atomic E-state index is 0.245.